The number of fused-ring (bicyclic) bond motifs is 1. The Bertz CT molecular complexity index is 397. The Morgan fingerprint density at radius 2 is 2.25 bits per heavy atom. The van der Waals surface area contributed by atoms with E-state index >= 15 is 0 Å². The van der Waals surface area contributed by atoms with E-state index in [0.717, 1.165) is 25.4 Å². The van der Waals surface area contributed by atoms with E-state index in [1.54, 1.807) is 11.3 Å². The summed E-state index contributed by atoms with van der Waals surface area (Å²) in [6, 6.07) is 3.90. The quantitative estimate of drug-likeness (QED) is 0.722. The summed E-state index contributed by atoms with van der Waals surface area (Å²) in [7, 11) is 0. The predicted molar refractivity (Wildman–Crippen MR) is 56.5 cm³/mol. The van der Waals surface area contributed by atoms with Gasteiger partial charge in [0, 0.05) is 10.2 Å². The first-order valence-corrected chi connectivity index (χ1v) is 5.10. The van der Waals surface area contributed by atoms with Crippen LogP contribution in [-0.4, -0.2) is 4.98 Å². The second kappa shape index (κ2) is 2.71. The molecule has 1 aromatic carbocycles. The molecule has 0 unspecified atom stereocenters. The van der Waals surface area contributed by atoms with E-state index in [1.807, 2.05) is 19.1 Å². The summed E-state index contributed by atoms with van der Waals surface area (Å²) in [5.74, 6) is 0. The molecule has 0 aliphatic carbocycles. The van der Waals surface area contributed by atoms with Gasteiger partial charge in [0.25, 0.3) is 0 Å². The molecule has 2 rings (SSSR count). The molecule has 0 aliphatic rings. The molecule has 1 heterocycles. The zero-order chi connectivity index (χ0) is 8.72. The average molecular weight is 243 g/mol. The van der Waals surface area contributed by atoms with Crippen molar-refractivity contribution in [1.29, 1.82) is 0 Å². The standard InChI is InChI=1S/C8H7BrN2S/c1-4-11-7-2-5(9)6(10)3-8(7)12-4/h2-3H,10H2,1H3. The minimum atomic E-state index is 0.770. The highest BCUT2D eigenvalue weighted by atomic mass is 79.9. The minimum Gasteiger partial charge on any atom is -0.398 e. The molecule has 0 radical (unpaired) electrons. The smallest absolute Gasteiger partial charge is 0.0907 e. The van der Waals surface area contributed by atoms with E-state index in [0.29, 0.717) is 0 Å². The van der Waals surface area contributed by atoms with Gasteiger partial charge >= 0.3 is 0 Å². The van der Waals surface area contributed by atoms with Crippen LogP contribution in [0.5, 0.6) is 0 Å². The number of aryl methyl sites for hydroxylation is 1. The third-order valence-electron chi connectivity index (χ3n) is 1.61. The molecule has 0 atom stereocenters. The third kappa shape index (κ3) is 1.21. The Morgan fingerprint density at radius 1 is 1.50 bits per heavy atom. The van der Waals surface area contributed by atoms with Crippen molar-refractivity contribution < 1.29 is 0 Å². The fourth-order valence-electron chi connectivity index (χ4n) is 1.08. The van der Waals surface area contributed by atoms with Crippen LogP contribution in [-0.2, 0) is 0 Å². The highest BCUT2D eigenvalue weighted by Crippen LogP contribution is 2.29. The van der Waals surface area contributed by atoms with Crippen LogP contribution in [0.25, 0.3) is 10.2 Å². The van der Waals surface area contributed by atoms with Crippen molar-refractivity contribution in [2.24, 2.45) is 0 Å². The van der Waals surface area contributed by atoms with Crippen molar-refractivity contribution in [2.75, 3.05) is 5.73 Å². The molecule has 12 heavy (non-hydrogen) atoms. The van der Waals surface area contributed by atoms with E-state index in [-0.39, 0.29) is 0 Å². The van der Waals surface area contributed by atoms with Gasteiger partial charge in [0.05, 0.1) is 15.2 Å². The number of rotatable bonds is 0. The lowest BCUT2D eigenvalue weighted by atomic mass is 10.3. The summed E-state index contributed by atoms with van der Waals surface area (Å²) in [5, 5.41) is 1.07. The molecule has 2 nitrogen and oxygen atoms in total. The van der Waals surface area contributed by atoms with Crippen molar-refractivity contribution in [1.82, 2.24) is 4.98 Å². The maximum atomic E-state index is 5.73. The lowest BCUT2D eigenvalue weighted by molar-refractivity contribution is 1.34. The van der Waals surface area contributed by atoms with Gasteiger partial charge in [-0.05, 0) is 35.0 Å². The zero-order valence-corrected chi connectivity index (χ0v) is 8.87. The Balaban J connectivity index is 2.83. The first-order chi connectivity index (χ1) is 5.66. The lowest BCUT2D eigenvalue weighted by Gasteiger charge is -1.95. The molecule has 0 saturated heterocycles. The number of nitrogens with zero attached hydrogens (tertiary/aromatic N) is 1. The number of hydrogen-bond acceptors (Lipinski definition) is 3. The average Bonchev–Trinajstić information content (AvgIpc) is 2.30. The van der Waals surface area contributed by atoms with Gasteiger partial charge in [0.2, 0.25) is 0 Å². The number of nitrogens with two attached hydrogens (primary N) is 1. The maximum absolute atomic E-state index is 5.73. The van der Waals surface area contributed by atoms with E-state index < -0.39 is 0 Å². The van der Waals surface area contributed by atoms with Gasteiger partial charge in [-0.3, -0.25) is 0 Å². The van der Waals surface area contributed by atoms with E-state index in [9.17, 15) is 0 Å². The molecule has 0 spiro atoms. The molecule has 62 valence electrons. The molecule has 0 bridgehead atoms. The minimum absolute atomic E-state index is 0.770. The molecule has 0 aliphatic heterocycles. The number of nitrogen functional groups attached to an aromatic ring is 1. The number of halogens is 1. The topological polar surface area (TPSA) is 38.9 Å². The molecule has 2 aromatic rings. The van der Waals surface area contributed by atoms with Gasteiger partial charge in [-0.25, -0.2) is 4.98 Å². The van der Waals surface area contributed by atoms with Crippen LogP contribution in [0.4, 0.5) is 5.69 Å². The summed E-state index contributed by atoms with van der Waals surface area (Å²) in [6.45, 7) is 1.99. The summed E-state index contributed by atoms with van der Waals surface area (Å²) < 4.78 is 2.06. The monoisotopic (exact) mass is 242 g/mol. The van der Waals surface area contributed by atoms with Gasteiger partial charge in [-0.15, -0.1) is 11.3 Å². The van der Waals surface area contributed by atoms with Crippen molar-refractivity contribution in [2.45, 2.75) is 6.92 Å². The summed E-state index contributed by atoms with van der Waals surface area (Å²) >= 11 is 5.03. The van der Waals surface area contributed by atoms with Crippen LogP contribution < -0.4 is 5.73 Å². The second-order valence-corrected chi connectivity index (χ2v) is 4.66. The number of aromatic nitrogens is 1. The van der Waals surface area contributed by atoms with E-state index in [1.165, 1.54) is 0 Å². The number of hydrogen-bond donors (Lipinski definition) is 1. The first kappa shape index (κ1) is 8.01. The fourth-order valence-corrected chi connectivity index (χ4v) is 2.27. The molecular weight excluding hydrogens is 236 g/mol. The molecule has 0 amide bonds. The Hall–Kier alpha value is -0.610. The normalized spacial score (nSPS) is 10.8. The fraction of sp³-hybridized carbons (Fsp3) is 0.125. The molecule has 2 N–H and O–H groups in total. The Kier molecular flexibility index (Phi) is 1.81. The SMILES string of the molecule is Cc1nc2cc(Br)c(N)cc2s1. The van der Waals surface area contributed by atoms with Gasteiger partial charge in [0.1, 0.15) is 0 Å². The summed E-state index contributed by atoms with van der Waals surface area (Å²) in [5.41, 5.74) is 7.51. The second-order valence-electron chi connectivity index (χ2n) is 2.57. The lowest BCUT2D eigenvalue weighted by Crippen LogP contribution is -1.84. The first-order valence-electron chi connectivity index (χ1n) is 3.49. The zero-order valence-electron chi connectivity index (χ0n) is 6.47. The Morgan fingerprint density at radius 3 is 3.00 bits per heavy atom. The highest BCUT2D eigenvalue weighted by molar-refractivity contribution is 9.10. The van der Waals surface area contributed by atoms with Crippen LogP contribution in [0.1, 0.15) is 5.01 Å². The summed E-state index contributed by atoms with van der Waals surface area (Å²) in [6.07, 6.45) is 0. The van der Waals surface area contributed by atoms with Crippen LogP contribution in [0.2, 0.25) is 0 Å². The number of thiazole rings is 1. The third-order valence-corrected chi connectivity index (χ3v) is 3.23. The maximum Gasteiger partial charge on any atom is 0.0907 e. The molecule has 4 heteroatoms. The van der Waals surface area contributed by atoms with Crippen LogP contribution in [0.15, 0.2) is 16.6 Å². The van der Waals surface area contributed by atoms with Crippen LogP contribution in [0.3, 0.4) is 0 Å². The van der Waals surface area contributed by atoms with Crippen LogP contribution >= 0.6 is 27.3 Å². The van der Waals surface area contributed by atoms with Gasteiger partial charge in [-0.1, -0.05) is 0 Å². The van der Waals surface area contributed by atoms with Crippen molar-refractivity contribution in [3.8, 4) is 0 Å². The largest absolute Gasteiger partial charge is 0.398 e. The van der Waals surface area contributed by atoms with Crippen molar-refractivity contribution in [3.63, 3.8) is 0 Å². The van der Waals surface area contributed by atoms with Gasteiger partial charge in [0.15, 0.2) is 0 Å². The Labute approximate surface area is 82.5 Å². The number of benzene rings is 1. The van der Waals surface area contributed by atoms with Gasteiger partial charge in [-0.2, -0.15) is 0 Å². The molecule has 0 saturated carbocycles. The van der Waals surface area contributed by atoms with Crippen LogP contribution in [0, 0.1) is 6.92 Å². The van der Waals surface area contributed by atoms with E-state index in [2.05, 4.69) is 20.9 Å². The predicted octanol–water partition coefficient (Wildman–Crippen LogP) is 2.95. The molecular formula is C8H7BrN2S. The van der Waals surface area contributed by atoms with E-state index in [4.69, 9.17) is 5.73 Å². The van der Waals surface area contributed by atoms with Crippen molar-refractivity contribution in [3.05, 3.63) is 21.6 Å². The van der Waals surface area contributed by atoms with Crippen molar-refractivity contribution >= 4 is 43.2 Å². The molecule has 1 aromatic heterocycles. The van der Waals surface area contributed by atoms with Gasteiger partial charge < -0.3 is 5.73 Å². The molecule has 0 fully saturated rings. The number of anilines is 1. The summed E-state index contributed by atoms with van der Waals surface area (Å²) in [4.78, 5) is 4.35. The highest BCUT2D eigenvalue weighted by Gasteiger charge is 2.03.